The molecule has 0 atom stereocenters. The summed E-state index contributed by atoms with van der Waals surface area (Å²) in [6.45, 7) is 0. The first-order valence-corrected chi connectivity index (χ1v) is 3.40. The van der Waals surface area contributed by atoms with Crippen molar-refractivity contribution in [2.24, 2.45) is 0 Å². The molecule has 6 heteroatoms. The molecule has 0 bridgehead atoms. The van der Waals surface area contributed by atoms with Gasteiger partial charge in [0.15, 0.2) is 8.54 Å². The highest BCUT2D eigenvalue weighted by atomic mass is 35.6. The molecule has 0 aliphatic heterocycles. The summed E-state index contributed by atoms with van der Waals surface area (Å²) in [5, 5.41) is 0. The van der Waals surface area contributed by atoms with Crippen molar-refractivity contribution >= 4 is 69.6 Å². The summed E-state index contributed by atoms with van der Waals surface area (Å²) in [6.07, 6.45) is 0. The first-order chi connectivity index (χ1) is 4.00. The minimum Gasteiger partial charge on any atom is -0.0874 e. The van der Waals surface area contributed by atoms with Crippen LogP contribution in [0.15, 0.2) is 0 Å². The summed E-state index contributed by atoms with van der Waals surface area (Å²) in [5.41, 5.74) is 0. The van der Waals surface area contributed by atoms with Gasteiger partial charge >= 0.3 is 0 Å². The summed E-state index contributed by atoms with van der Waals surface area (Å²) in [5.74, 6) is 0. The number of rotatable bonds is 0. The maximum absolute atomic E-state index is 6.23. The average molecular weight is 241 g/mol. The van der Waals surface area contributed by atoms with Crippen LogP contribution in [0.3, 0.4) is 0 Å². The molecule has 0 spiro atoms. The molecule has 0 unspecified atom stereocenters. The highest BCUT2D eigenvalue weighted by molar-refractivity contribution is 6.63. The summed E-state index contributed by atoms with van der Waals surface area (Å²) >= 11 is 28.4. The smallest absolute Gasteiger partial charge is 0.0874 e. The second-order valence-corrected chi connectivity index (χ2v) is 3.86. The van der Waals surface area contributed by atoms with E-state index in [9.17, 15) is 0 Å². The van der Waals surface area contributed by atoms with E-state index >= 15 is 0 Å². The van der Waals surface area contributed by atoms with E-state index < -0.39 is 8.54 Å². The molecule has 0 saturated carbocycles. The SMILES string of the molecule is [2H]C(Cl)(Cl)Cl.[2H]C(Cl)(Cl)Cl. The van der Waals surface area contributed by atoms with Gasteiger partial charge in [0.1, 0.15) is 0 Å². The van der Waals surface area contributed by atoms with Gasteiger partial charge in [0.2, 0.25) is 0 Å². The summed E-state index contributed by atoms with van der Waals surface area (Å²) in [7, 11) is 0. The third-order valence-corrected chi connectivity index (χ3v) is 0. The van der Waals surface area contributed by atoms with E-state index in [1.165, 1.54) is 0 Å². The van der Waals surface area contributed by atoms with Crippen molar-refractivity contribution in [3.05, 3.63) is 0 Å². The van der Waals surface area contributed by atoms with Crippen LogP contribution in [0.1, 0.15) is 2.74 Å². The topological polar surface area (TPSA) is 0 Å². The molecule has 0 saturated heterocycles. The quantitative estimate of drug-likeness (QED) is 0.562. The van der Waals surface area contributed by atoms with Gasteiger partial charge < -0.3 is 0 Å². The van der Waals surface area contributed by atoms with Crippen molar-refractivity contribution in [2.45, 2.75) is 8.54 Å². The molecule has 0 fully saturated rings. The normalized spacial score (nSPS) is 15.2. The molecule has 0 aromatic rings. The molecule has 0 aromatic carbocycles. The van der Waals surface area contributed by atoms with Gasteiger partial charge in [-0.3, -0.25) is 0 Å². The molecule has 0 N–H and O–H groups in total. The van der Waals surface area contributed by atoms with E-state index in [4.69, 9.17) is 72.3 Å². The maximum atomic E-state index is 6.23. The molecule has 0 aliphatic carbocycles. The minimum atomic E-state index is -1.83. The lowest BCUT2D eigenvalue weighted by Gasteiger charge is -1.69. The van der Waals surface area contributed by atoms with Gasteiger partial charge in [0.25, 0.3) is 0 Å². The van der Waals surface area contributed by atoms with Crippen LogP contribution in [0.5, 0.6) is 0 Å². The Hall–Kier alpha value is 1.74. The van der Waals surface area contributed by atoms with E-state index in [0.717, 1.165) is 0 Å². The van der Waals surface area contributed by atoms with Crippen LogP contribution < -0.4 is 0 Å². The Balaban J connectivity index is 0. The van der Waals surface area contributed by atoms with Crippen molar-refractivity contribution in [3.63, 3.8) is 0 Å². The monoisotopic (exact) mass is 238 g/mol. The highest BCUT2D eigenvalue weighted by Crippen LogP contribution is 2.04. The number of alkyl halides is 6. The van der Waals surface area contributed by atoms with Gasteiger partial charge in [-0.25, -0.2) is 0 Å². The van der Waals surface area contributed by atoms with Crippen LogP contribution in [-0.4, -0.2) is 8.54 Å². The fraction of sp³-hybridized carbons (Fsp3) is 1.00. The van der Waals surface area contributed by atoms with Crippen LogP contribution in [0.2, 0.25) is 0 Å². The van der Waals surface area contributed by atoms with Gasteiger partial charge in [-0.1, -0.05) is 69.6 Å². The Kier molecular flexibility index (Phi) is 8.57. The zero-order valence-electron chi connectivity index (χ0n) is 5.27. The molecular formula is C2H2Cl6. The predicted octanol–water partition coefficient (Wildman–Crippen LogP) is 3.97. The van der Waals surface area contributed by atoms with E-state index in [2.05, 4.69) is 0 Å². The lowest BCUT2D eigenvalue weighted by molar-refractivity contribution is 1.96. The third kappa shape index (κ3) is 116. The molecule has 0 rings (SSSR count). The largest absolute Gasteiger partial charge is 0.180 e. The zero-order valence-corrected chi connectivity index (χ0v) is 7.80. The molecule has 52 valence electrons. The Morgan fingerprint density at radius 1 is 0.750 bits per heavy atom. The standard InChI is InChI=1S/2CHCl3/c2*2-1(3)4/h2*1H/i2*1D. The van der Waals surface area contributed by atoms with Crippen molar-refractivity contribution in [2.75, 3.05) is 0 Å². The first-order valence-electron chi connectivity index (χ1n) is 2.13. The Morgan fingerprint density at radius 3 is 0.750 bits per heavy atom. The van der Waals surface area contributed by atoms with Crippen LogP contribution in [0.4, 0.5) is 0 Å². The molecule has 0 nitrogen and oxygen atoms in total. The van der Waals surface area contributed by atoms with Gasteiger partial charge in [0.05, 0.1) is 2.74 Å². The summed E-state index contributed by atoms with van der Waals surface area (Å²) < 4.78 is 8.80. The lowest BCUT2D eigenvalue weighted by atomic mass is 11.9. The fourth-order valence-electron chi connectivity index (χ4n) is 0. The van der Waals surface area contributed by atoms with Crippen LogP contribution in [-0.2, 0) is 0 Å². The molecule has 0 aliphatic rings. The van der Waals surface area contributed by atoms with E-state index in [-0.39, 0.29) is 0 Å². The molecule has 0 amide bonds. The number of hydrogen-bond donors (Lipinski definition) is 0. The maximum Gasteiger partial charge on any atom is 0.180 e. The summed E-state index contributed by atoms with van der Waals surface area (Å²) in [6, 6.07) is 0. The van der Waals surface area contributed by atoms with Crippen molar-refractivity contribution in [1.82, 2.24) is 0 Å². The summed E-state index contributed by atoms with van der Waals surface area (Å²) in [4.78, 5) is 0. The molecular weight excluding hydrogens is 237 g/mol. The Labute approximate surface area is 80.7 Å². The van der Waals surface area contributed by atoms with Crippen molar-refractivity contribution in [3.8, 4) is 0 Å². The van der Waals surface area contributed by atoms with E-state index in [0.29, 0.717) is 0 Å². The fourth-order valence-corrected chi connectivity index (χ4v) is 0. The van der Waals surface area contributed by atoms with Crippen LogP contribution >= 0.6 is 69.6 Å². The average Bonchev–Trinajstić information content (AvgIpc) is 1.12. The Bertz CT molecular complexity index is 56.7. The predicted molar refractivity (Wildman–Crippen MR) is 42.7 cm³/mol. The van der Waals surface area contributed by atoms with Crippen molar-refractivity contribution < 1.29 is 2.74 Å². The number of halogens is 6. The highest BCUT2D eigenvalue weighted by Gasteiger charge is 1.79. The minimum absolute atomic E-state index is 1.83. The van der Waals surface area contributed by atoms with E-state index in [1.54, 1.807) is 0 Å². The van der Waals surface area contributed by atoms with Gasteiger partial charge in [0, 0.05) is 0 Å². The third-order valence-electron chi connectivity index (χ3n) is 0. The number of hydrogen-bond acceptors (Lipinski definition) is 0. The molecule has 8 heavy (non-hydrogen) atoms. The Morgan fingerprint density at radius 2 is 0.750 bits per heavy atom. The van der Waals surface area contributed by atoms with Crippen LogP contribution in [0.25, 0.3) is 0 Å². The first kappa shape index (κ1) is 7.84. The molecule has 0 radical (unpaired) electrons. The molecule has 0 aromatic heterocycles. The van der Waals surface area contributed by atoms with Gasteiger partial charge in [-0.15, -0.1) is 0 Å². The van der Waals surface area contributed by atoms with Gasteiger partial charge in [-0.2, -0.15) is 0 Å². The lowest BCUT2D eigenvalue weighted by Crippen LogP contribution is -1.55. The second kappa shape index (κ2) is 8.74. The van der Waals surface area contributed by atoms with Crippen LogP contribution in [0, 0.1) is 0 Å². The van der Waals surface area contributed by atoms with Gasteiger partial charge in [-0.05, 0) is 0 Å². The molecule has 0 heterocycles. The van der Waals surface area contributed by atoms with Crippen molar-refractivity contribution in [1.29, 1.82) is 0 Å². The zero-order chi connectivity index (χ0) is 9.00. The van der Waals surface area contributed by atoms with E-state index in [1.807, 2.05) is 0 Å². The second-order valence-electron chi connectivity index (χ2n) is 0.429.